The van der Waals surface area contributed by atoms with Crippen LogP contribution in [0.1, 0.15) is 26.7 Å². The van der Waals surface area contributed by atoms with E-state index in [1.54, 1.807) is 11.8 Å². The van der Waals surface area contributed by atoms with Crippen LogP contribution < -0.4 is 11.1 Å². The summed E-state index contributed by atoms with van der Waals surface area (Å²) in [5.41, 5.74) is 4.75. The second kappa shape index (κ2) is 5.18. The van der Waals surface area contributed by atoms with E-state index in [-0.39, 0.29) is 17.8 Å². The van der Waals surface area contributed by atoms with Crippen molar-refractivity contribution in [3.8, 4) is 0 Å². The lowest BCUT2D eigenvalue weighted by atomic mass is 10.1. The highest BCUT2D eigenvalue weighted by Crippen LogP contribution is 2.25. The van der Waals surface area contributed by atoms with Crippen LogP contribution in [-0.2, 0) is 4.79 Å². The van der Waals surface area contributed by atoms with Gasteiger partial charge in [0.15, 0.2) is 0 Å². The smallest absolute Gasteiger partial charge is 0.238 e. The van der Waals surface area contributed by atoms with Gasteiger partial charge in [-0.3, -0.25) is 4.79 Å². The minimum Gasteiger partial charge on any atom is -0.395 e. The second-order valence-corrected chi connectivity index (χ2v) is 5.85. The summed E-state index contributed by atoms with van der Waals surface area (Å²) in [6, 6.07) is 0.451. The molecule has 0 aliphatic heterocycles. The predicted octanol–water partition coefficient (Wildman–Crippen LogP) is 0.0964. The monoisotopic (exact) mass is 232 g/mol. The summed E-state index contributed by atoms with van der Waals surface area (Å²) in [7, 11) is 0. The fraction of sp³-hybridized carbons (Fsp3) is 0.900. The average molecular weight is 232 g/mol. The zero-order chi connectivity index (χ0) is 11.5. The Hall–Kier alpha value is -0.260. The number of nitrogens with one attached hydrogen (secondary N) is 1. The van der Waals surface area contributed by atoms with Crippen molar-refractivity contribution in [3.63, 3.8) is 0 Å². The Morgan fingerprint density at radius 2 is 2.33 bits per heavy atom. The van der Waals surface area contributed by atoms with Crippen LogP contribution in [0.2, 0.25) is 0 Å². The van der Waals surface area contributed by atoms with Gasteiger partial charge in [0.25, 0.3) is 0 Å². The molecule has 0 aromatic carbocycles. The molecular formula is C10H20N2O2S. The quantitative estimate of drug-likeness (QED) is 0.582. The zero-order valence-electron chi connectivity index (χ0n) is 9.32. The maximum absolute atomic E-state index is 11.4. The SMILES string of the molecule is CC(CO)SCC(C)(NC1CC1)C(N)=O. The maximum atomic E-state index is 11.4. The summed E-state index contributed by atoms with van der Waals surface area (Å²) >= 11 is 1.57. The molecule has 2 unspecified atom stereocenters. The van der Waals surface area contributed by atoms with Crippen molar-refractivity contribution in [3.05, 3.63) is 0 Å². The van der Waals surface area contributed by atoms with Crippen LogP contribution in [-0.4, -0.2) is 40.2 Å². The van der Waals surface area contributed by atoms with Gasteiger partial charge in [-0.2, -0.15) is 11.8 Å². The van der Waals surface area contributed by atoms with Crippen molar-refractivity contribution >= 4 is 17.7 Å². The number of carbonyl (C=O) groups is 1. The molecule has 2 atom stereocenters. The number of carbonyl (C=O) groups excluding carboxylic acids is 1. The molecule has 1 amide bonds. The minimum atomic E-state index is -0.644. The van der Waals surface area contributed by atoms with Crippen molar-refractivity contribution in [2.24, 2.45) is 5.73 Å². The van der Waals surface area contributed by atoms with Gasteiger partial charge in [-0.25, -0.2) is 0 Å². The molecule has 0 aromatic heterocycles. The maximum Gasteiger partial charge on any atom is 0.238 e. The second-order valence-electron chi connectivity index (χ2n) is 4.42. The summed E-state index contributed by atoms with van der Waals surface area (Å²) in [6.45, 7) is 3.90. The molecule has 4 nitrogen and oxygen atoms in total. The van der Waals surface area contributed by atoms with Crippen LogP contribution in [0.3, 0.4) is 0 Å². The van der Waals surface area contributed by atoms with E-state index in [2.05, 4.69) is 5.32 Å². The van der Waals surface area contributed by atoms with Crippen LogP contribution in [0, 0.1) is 0 Å². The van der Waals surface area contributed by atoms with E-state index in [4.69, 9.17) is 10.8 Å². The number of hydrogen-bond acceptors (Lipinski definition) is 4. The van der Waals surface area contributed by atoms with E-state index >= 15 is 0 Å². The van der Waals surface area contributed by atoms with E-state index < -0.39 is 5.54 Å². The van der Waals surface area contributed by atoms with Crippen molar-refractivity contribution in [1.29, 1.82) is 0 Å². The Morgan fingerprint density at radius 1 is 1.73 bits per heavy atom. The summed E-state index contributed by atoms with van der Waals surface area (Å²) in [4.78, 5) is 11.4. The lowest BCUT2D eigenvalue weighted by molar-refractivity contribution is -0.123. The van der Waals surface area contributed by atoms with E-state index in [0.717, 1.165) is 12.8 Å². The normalized spacial score (nSPS) is 22.1. The molecule has 1 aliphatic rings. The van der Waals surface area contributed by atoms with Gasteiger partial charge in [-0.05, 0) is 19.8 Å². The summed E-state index contributed by atoms with van der Waals surface area (Å²) in [6.07, 6.45) is 2.26. The van der Waals surface area contributed by atoms with Gasteiger partial charge in [0, 0.05) is 17.0 Å². The van der Waals surface area contributed by atoms with Crippen LogP contribution in [0.4, 0.5) is 0 Å². The third-order valence-corrected chi connectivity index (χ3v) is 4.02. The predicted molar refractivity (Wildman–Crippen MR) is 62.8 cm³/mol. The number of hydrogen-bond donors (Lipinski definition) is 3. The fourth-order valence-corrected chi connectivity index (χ4v) is 2.17. The topological polar surface area (TPSA) is 75.3 Å². The Morgan fingerprint density at radius 3 is 2.73 bits per heavy atom. The molecule has 1 aliphatic carbocycles. The molecule has 0 spiro atoms. The molecule has 0 heterocycles. The van der Waals surface area contributed by atoms with Gasteiger partial charge in [-0.15, -0.1) is 0 Å². The largest absolute Gasteiger partial charge is 0.395 e. The molecule has 0 saturated heterocycles. The highest BCUT2D eigenvalue weighted by molar-refractivity contribution is 8.00. The van der Waals surface area contributed by atoms with Crippen LogP contribution in [0.5, 0.6) is 0 Å². The number of aliphatic hydroxyl groups excluding tert-OH is 1. The first-order chi connectivity index (χ1) is 6.98. The highest BCUT2D eigenvalue weighted by atomic mass is 32.2. The molecule has 1 saturated carbocycles. The number of rotatable bonds is 7. The van der Waals surface area contributed by atoms with E-state index in [1.165, 1.54) is 0 Å². The lowest BCUT2D eigenvalue weighted by Gasteiger charge is -2.28. The van der Waals surface area contributed by atoms with E-state index in [1.807, 2.05) is 13.8 Å². The number of nitrogens with two attached hydrogens (primary N) is 1. The van der Waals surface area contributed by atoms with Gasteiger partial charge in [0.05, 0.1) is 6.61 Å². The average Bonchev–Trinajstić information content (AvgIpc) is 2.97. The van der Waals surface area contributed by atoms with Crippen molar-refractivity contribution in [2.75, 3.05) is 12.4 Å². The number of aliphatic hydroxyl groups is 1. The van der Waals surface area contributed by atoms with Crippen LogP contribution in [0.25, 0.3) is 0 Å². The third kappa shape index (κ3) is 4.01. The van der Waals surface area contributed by atoms with E-state index in [9.17, 15) is 4.79 Å². The first-order valence-corrected chi connectivity index (χ1v) is 6.33. The molecule has 1 rings (SSSR count). The molecule has 0 aromatic rings. The molecule has 4 N–H and O–H groups in total. The molecule has 15 heavy (non-hydrogen) atoms. The standard InChI is InChI=1S/C10H20N2O2S/c1-7(5-13)15-6-10(2,9(11)14)12-8-3-4-8/h7-8,12-13H,3-6H2,1-2H3,(H2,11,14). The number of thioether (sulfide) groups is 1. The molecule has 1 fully saturated rings. The minimum absolute atomic E-state index is 0.128. The van der Waals surface area contributed by atoms with Crippen molar-refractivity contribution < 1.29 is 9.90 Å². The Balaban J connectivity index is 2.44. The first kappa shape index (κ1) is 12.8. The van der Waals surface area contributed by atoms with Gasteiger partial charge < -0.3 is 16.2 Å². The van der Waals surface area contributed by atoms with Gasteiger partial charge >= 0.3 is 0 Å². The Kier molecular flexibility index (Phi) is 4.43. The zero-order valence-corrected chi connectivity index (χ0v) is 10.1. The lowest BCUT2D eigenvalue weighted by Crippen LogP contribution is -2.56. The molecule has 5 heteroatoms. The molecule has 88 valence electrons. The Labute approximate surface area is 95.0 Å². The summed E-state index contributed by atoms with van der Waals surface area (Å²) < 4.78 is 0. The number of primary amides is 1. The summed E-state index contributed by atoms with van der Waals surface area (Å²) in [5.74, 6) is 0.299. The van der Waals surface area contributed by atoms with Gasteiger partial charge in [0.1, 0.15) is 5.54 Å². The van der Waals surface area contributed by atoms with Crippen LogP contribution >= 0.6 is 11.8 Å². The third-order valence-electron chi connectivity index (χ3n) is 2.56. The Bertz CT molecular complexity index is 233. The molecule has 0 radical (unpaired) electrons. The molecular weight excluding hydrogens is 212 g/mol. The van der Waals surface area contributed by atoms with Crippen molar-refractivity contribution in [1.82, 2.24) is 5.32 Å². The van der Waals surface area contributed by atoms with E-state index in [0.29, 0.717) is 11.8 Å². The number of amides is 1. The first-order valence-electron chi connectivity index (χ1n) is 5.28. The highest BCUT2D eigenvalue weighted by Gasteiger charge is 2.37. The fourth-order valence-electron chi connectivity index (χ4n) is 1.22. The van der Waals surface area contributed by atoms with Gasteiger partial charge in [-0.1, -0.05) is 6.92 Å². The molecule has 0 bridgehead atoms. The van der Waals surface area contributed by atoms with Crippen LogP contribution in [0.15, 0.2) is 0 Å². The van der Waals surface area contributed by atoms with Crippen molar-refractivity contribution in [2.45, 2.75) is 43.5 Å². The summed E-state index contributed by atoms with van der Waals surface area (Å²) in [5, 5.41) is 12.3. The van der Waals surface area contributed by atoms with Gasteiger partial charge in [0.2, 0.25) is 5.91 Å².